The van der Waals surface area contributed by atoms with Crippen molar-refractivity contribution >= 4 is 40.0 Å². The summed E-state index contributed by atoms with van der Waals surface area (Å²) in [6.45, 7) is 5.24. The smallest absolute Gasteiger partial charge is 0.213 e. The summed E-state index contributed by atoms with van der Waals surface area (Å²) in [5.74, 6) is 2.14. The molecule has 0 aromatic heterocycles. The number of ether oxygens (including phenoxy) is 2. The molecule has 1 atom stereocenters. The number of hydrogen-bond donors (Lipinski definition) is 2. The molecule has 1 rings (SSSR count). The standard InChI is InChI=1S/C18H32N4O4S.HI/c1-6-27(23,24)22(4)13-9-12-20-18(19-3)21-14-15(2)26-17-11-8-7-10-16(17)25-5;/h7-8,10-11,15H,6,9,12-14H2,1-5H3,(H2,19,20,21);1H. The molecular weight excluding hydrogens is 495 g/mol. The molecular formula is C18H33IN4O4S. The molecule has 0 saturated heterocycles. The summed E-state index contributed by atoms with van der Waals surface area (Å²) in [5, 5.41) is 6.37. The third-order valence-electron chi connectivity index (χ3n) is 3.96. The molecule has 1 aromatic rings. The predicted octanol–water partition coefficient (Wildman–Crippen LogP) is 1.92. The van der Waals surface area contributed by atoms with Crippen molar-refractivity contribution in [2.45, 2.75) is 26.4 Å². The van der Waals surface area contributed by atoms with Crippen LogP contribution in [-0.4, -0.2) is 71.4 Å². The Morgan fingerprint density at radius 1 is 1.25 bits per heavy atom. The topological polar surface area (TPSA) is 92.3 Å². The number of aliphatic imine (C=N–C) groups is 1. The fourth-order valence-corrected chi connectivity index (χ4v) is 3.15. The van der Waals surface area contributed by atoms with Crippen LogP contribution < -0.4 is 20.1 Å². The van der Waals surface area contributed by atoms with Crippen LogP contribution in [0.25, 0.3) is 0 Å². The number of guanidine groups is 1. The largest absolute Gasteiger partial charge is 0.493 e. The second-order valence-electron chi connectivity index (χ2n) is 6.03. The van der Waals surface area contributed by atoms with Gasteiger partial charge in [0.2, 0.25) is 10.0 Å². The number of sulfonamides is 1. The maximum absolute atomic E-state index is 11.7. The van der Waals surface area contributed by atoms with Crippen LogP contribution in [0.15, 0.2) is 29.3 Å². The molecule has 0 heterocycles. The molecule has 0 aliphatic rings. The maximum atomic E-state index is 11.7. The van der Waals surface area contributed by atoms with Crippen LogP contribution in [0.3, 0.4) is 0 Å². The molecule has 2 N–H and O–H groups in total. The van der Waals surface area contributed by atoms with Gasteiger partial charge in [-0.15, -0.1) is 24.0 Å². The van der Waals surface area contributed by atoms with Crippen molar-refractivity contribution in [3.8, 4) is 11.5 Å². The molecule has 0 saturated carbocycles. The van der Waals surface area contributed by atoms with Crippen molar-refractivity contribution in [1.82, 2.24) is 14.9 Å². The first-order chi connectivity index (χ1) is 12.8. The monoisotopic (exact) mass is 528 g/mol. The molecule has 1 aromatic carbocycles. The lowest BCUT2D eigenvalue weighted by atomic mass is 10.3. The average Bonchev–Trinajstić information content (AvgIpc) is 2.67. The van der Waals surface area contributed by atoms with Gasteiger partial charge in [-0.25, -0.2) is 12.7 Å². The van der Waals surface area contributed by atoms with Gasteiger partial charge in [-0.1, -0.05) is 12.1 Å². The molecule has 28 heavy (non-hydrogen) atoms. The highest BCUT2D eigenvalue weighted by Crippen LogP contribution is 2.26. The van der Waals surface area contributed by atoms with Crippen molar-refractivity contribution < 1.29 is 17.9 Å². The van der Waals surface area contributed by atoms with Crippen molar-refractivity contribution in [2.75, 3.05) is 46.6 Å². The number of benzene rings is 1. The quantitative estimate of drug-likeness (QED) is 0.197. The molecule has 0 bridgehead atoms. The lowest BCUT2D eigenvalue weighted by molar-refractivity contribution is 0.213. The second-order valence-corrected chi connectivity index (χ2v) is 8.40. The first-order valence-electron chi connectivity index (χ1n) is 9.02. The van der Waals surface area contributed by atoms with Gasteiger partial charge in [0.15, 0.2) is 17.5 Å². The maximum Gasteiger partial charge on any atom is 0.213 e. The lowest BCUT2D eigenvalue weighted by Crippen LogP contribution is -2.42. The average molecular weight is 528 g/mol. The van der Waals surface area contributed by atoms with E-state index >= 15 is 0 Å². The van der Waals surface area contributed by atoms with Crippen LogP contribution in [0.4, 0.5) is 0 Å². The van der Waals surface area contributed by atoms with Gasteiger partial charge in [0.25, 0.3) is 0 Å². The number of para-hydroxylation sites is 2. The van der Waals surface area contributed by atoms with E-state index in [4.69, 9.17) is 9.47 Å². The van der Waals surface area contributed by atoms with Crippen molar-refractivity contribution in [3.63, 3.8) is 0 Å². The lowest BCUT2D eigenvalue weighted by Gasteiger charge is -2.19. The van der Waals surface area contributed by atoms with E-state index in [1.165, 1.54) is 4.31 Å². The third-order valence-corrected chi connectivity index (χ3v) is 5.82. The van der Waals surface area contributed by atoms with Gasteiger partial charge >= 0.3 is 0 Å². The Bertz CT molecular complexity index is 701. The van der Waals surface area contributed by atoms with Crippen LogP contribution in [0.2, 0.25) is 0 Å². The van der Waals surface area contributed by atoms with Gasteiger partial charge in [-0.2, -0.15) is 0 Å². The van der Waals surface area contributed by atoms with Gasteiger partial charge in [-0.3, -0.25) is 4.99 Å². The van der Waals surface area contributed by atoms with E-state index in [0.717, 1.165) is 0 Å². The van der Waals surface area contributed by atoms with Crippen LogP contribution >= 0.6 is 24.0 Å². The van der Waals surface area contributed by atoms with E-state index < -0.39 is 10.0 Å². The highest BCUT2D eigenvalue weighted by atomic mass is 127. The Morgan fingerprint density at radius 3 is 2.46 bits per heavy atom. The Morgan fingerprint density at radius 2 is 1.89 bits per heavy atom. The molecule has 0 amide bonds. The Hall–Kier alpha value is -1.27. The van der Waals surface area contributed by atoms with Gasteiger partial charge in [0.1, 0.15) is 6.10 Å². The summed E-state index contributed by atoms with van der Waals surface area (Å²) >= 11 is 0. The molecule has 0 radical (unpaired) electrons. The van der Waals surface area contributed by atoms with Gasteiger partial charge in [0, 0.05) is 27.2 Å². The molecule has 0 fully saturated rings. The van der Waals surface area contributed by atoms with E-state index in [0.29, 0.717) is 43.5 Å². The number of nitrogens with zero attached hydrogens (tertiary/aromatic N) is 2. The summed E-state index contributed by atoms with van der Waals surface area (Å²) in [4.78, 5) is 4.16. The van der Waals surface area contributed by atoms with E-state index in [-0.39, 0.29) is 35.8 Å². The van der Waals surface area contributed by atoms with Crippen LogP contribution in [0.1, 0.15) is 20.3 Å². The summed E-state index contributed by atoms with van der Waals surface area (Å²) in [6.07, 6.45) is 0.588. The molecule has 162 valence electrons. The molecule has 10 heteroatoms. The number of halogens is 1. The van der Waals surface area contributed by atoms with Gasteiger partial charge in [-0.05, 0) is 32.4 Å². The zero-order valence-electron chi connectivity index (χ0n) is 17.3. The molecule has 0 aliphatic carbocycles. The molecule has 0 spiro atoms. The van der Waals surface area contributed by atoms with Crippen LogP contribution in [0.5, 0.6) is 11.5 Å². The van der Waals surface area contributed by atoms with Crippen molar-refractivity contribution in [3.05, 3.63) is 24.3 Å². The normalized spacial score (nSPS) is 12.9. The van der Waals surface area contributed by atoms with Crippen molar-refractivity contribution in [1.29, 1.82) is 0 Å². The fourth-order valence-electron chi connectivity index (χ4n) is 2.30. The number of hydrogen-bond acceptors (Lipinski definition) is 5. The zero-order chi connectivity index (χ0) is 20.3. The fraction of sp³-hybridized carbons (Fsp3) is 0.611. The van der Waals surface area contributed by atoms with E-state index in [2.05, 4.69) is 15.6 Å². The van der Waals surface area contributed by atoms with E-state index in [1.54, 1.807) is 28.1 Å². The number of methoxy groups -OCH3 is 1. The minimum Gasteiger partial charge on any atom is -0.493 e. The van der Waals surface area contributed by atoms with Crippen LogP contribution in [-0.2, 0) is 10.0 Å². The summed E-state index contributed by atoms with van der Waals surface area (Å²) in [6, 6.07) is 7.51. The number of rotatable bonds is 11. The number of nitrogens with one attached hydrogen (secondary N) is 2. The Balaban J connectivity index is 0.00000729. The first kappa shape index (κ1) is 26.7. The second kappa shape index (κ2) is 13.8. The van der Waals surface area contributed by atoms with Crippen LogP contribution in [0, 0.1) is 0 Å². The predicted molar refractivity (Wildman–Crippen MR) is 125 cm³/mol. The Labute approximate surface area is 186 Å². The highest BCUT2D eigenvalue weighted by molar-refractivity contribution is 14.0. The minimum absolute atomic E-state index is 0. The summed E-state index contributed by atoms with van der Waals surface area (Å²) < 4.78 is 36.0. The third kappa shape index (κ3) is 9.28. The highest BCUT2D eigenvalue weighted by Gasteiger charge is 2.14. The molecule has 8 nitrogen and oxygen atoms in total. The zero-order valence-corrected chi connectivity index (χ0v) is 20.4. The SMILES string of the molecule is CCS(=O)(=O)N(C)CCCNC(=NC)NCC(C)Oc1ccccc1OC.I. The first-order valence-corrected chi connectivity index (χ1v) is 10.6. The van der Waals surface area contributed by atoms with E-state index in [9.17, 15) is 8.42 Å². The Kier molecular flexibility index (Phi) is 13.2. The minimum atomic E-state index is -3.13. The summed E-state index contributed by atoms with van der Waals surface area (Å²) in [7, 11) is 1.77. The van der Waals surface area contributed by atoms with Gasteiger partial charge in [0.05, 0.1) is 19.4 Å². The summed E-state index contributed by atoms with van der Waals surface area (Å²) in [5.41, 5.74) is 0. The molecule has 0 aliphatic heterocycles. The van der Waals surface area contributed by atoms with Crippen molar-refractivity contribution in [2.24, 2.45) is 4.99 Å². The van der Waals surface area contributed by atoms with Gasteiger partial charge < -0.3 is 20.1 Å². The van der Waals surface area contributed by atoms with E-state index in [1.807, 2.05) is 31.2 Å². The molecule has 1 unspecified atom stereocenters.